The van der Waals surface area contributed by atoms with E-state index in [0.717, 1.165) is 25.6 Å². The summed E-state index contributed by atoms with van der Waals surface area (Å²) in [7, 11) is 2.06. The Morgan fingerprint density at radius 3 is 2.67 bits per heavy atom. The first-order valence-corrected chi connectivity index (χ1v) is 4.89. The summed E-state index contributed by atoms with van der Waals surface area (Å²) in [5.74, 6) is 1.01. The molecular formula is C11H16IN3. The van der Waals surface area contributed by atoms with Gasteiger partial charge in [0.05, 0.1) is 6.54 Å². The van der Waals surface area contributed by atoms with Crippen molar-refractivity contribution >= 4 is 29.9 Å². The smallest absolute Gasteiger partial charge is 0.194 e. The van der Waals surface area contributed by atoms with Gasteiger partial charge in [-0.2, -0.15) is 0 Å². The quantitative estimate of drug-likeness (QED) is 0.841. The van der Waals surface area contributed by atoms with Gasteiger partial charge >= 0.3 is 0 Å². The Morgan fingerprint density at radius 2 is 2.07 bits per heavy atom. The Bertz CT molecular complexity index is 324. The largest absolute Gasteiger partial charge is 0.354 e. The number of halogens is 1. The predicted molar refractivity (Wildman–Crippen MR) is 73.6 cm³/mol. The maximum atomic E-state index is 4.36. The van der Waals surface area contributed by atoms with Crippen LogP contribution >= 0.6 is 24.0 Å². The highest BCUT2D eigenvalue weighted by Crippen LogP contribution is 2.03. The number of nitrogens with one attached hydrogen (secondary N) is 1. The van der Waals surface area contributed by atoms with Gasteiger partial charge < -0.3 is 10.2 Å². The third-order valence-corrected chi connectivity index (χ3v) is 2.28. The van der Waals surface area contributed by atoms with Crippen LogP contribution in [0, 0.1) is 0 Å². The number of hydrogen-bond donors (Lipinski definition) is 1. The van der Waals surface area contributed by atoms with Crippen LogP contribution in [0.2, 0.25) is 0 Å². The summed E-state index contributed by atoms with van der Waals surface area (Å²) in [6.45, 7) is 2.77. The fourth-order valence-corrected chi connectivity index (χ4v) is 1.57. The molecule has 1 aromatic carbocycles. The molecule has 3 nitrogen and oxygen atoms in total. The first-order chi connectivity index (χ1) is 6.86. The second-order valence-electron chi connectivity index (χ2n) is 3.47. The SMILES string of the molecule is CN(Cc1ccccc1)C1=NCCN1.I. The van der Waals surface area contributed by atoms with E-state index in [9.17, 15) is 0 Å². The lowest BCUT2D eigenvalue weighted by Gasteiger charge is -2.18. The fourth-order valence-electron chi connectivity index (χ4n) is 1.57. The number of aliphatic imine (C=N–C) groups is 1. The molecule has 0 atom stereocenters. The fraction of sp³-hybridized carbons (Fsp3) is 0.364. The van der Waals surface area contributed by atoms with Gasteiger partial charge in [-0.15, -0.1) is 24.0 Å². The van der Waals surface area contributed by atoms with Gasteiger partial charge in [0.2, 0.25) is 0 Å². The number of guanidine groups is 1. The summed E-state index contributed by atoms with van der Waals surface area (Å²) in [6, 6.07) is 10.4. The van der Waals surface area contributed by atoms with Crippen molar-refractivity contribution in [2.45, 2.75) is 6.54 Å². The minimum Gasteiger partial charge on any atom is -0.354 e. The molecule has 1 aliphatic heterocycles. The van der Waals surface area contributed by atoms with Crippen LogP contribution in [-0.4, -0.2) is 31.0 Å². The summed E-state index contributed by atoms with van der Waals surface area (Å²) >= 11 is 0. The average molecular weight is 317 g/mol. The average Bonchev–Trinajstić information content (AvgIpc) is 2.72. The van der Waals surface area contributed by atoms with Crippen LogP contribution in [-0.2, 0) is 6.54 Å². The van der Waals surface area contributed by atoms with Crippen LogP contribution in [0.5, 0.6) is 0 Å². The van der Waals surface area contributed by atoms with Crippen molar-refractivity contribution in [3.8, 4) is 0 Å². The van der Waals surface area contributed by atoms with Crippen LogP contribution < -0.4 is 5.32 Å². The molecule has 15 heavy (non-hydrogen) atoms. The number of hydrogen-bond acceptors (Lipinski definition) is 3. The Labute approximate surface area is 108 Å². The third-order valence-electron chi connectivity index (χ3n) is 2.28. The molecule has 0 amide bonds. The maximum Gasteiger partial charge on any atom is 0.194 e. The first-order valence-electron chi connectivity index (χ1n) is 4.89. The molecule has 0 aliphatic carbocycles. The highest BCUT2D eigenvalue weighted by Gasteiger charge is 2.09. The summed E-state index contributed by atoms with van der Waals surface area (Å²) < 4.78 is 0. The Hall–Kier alpha value is -0.780. The van der Waals surface area contributed by atoms with E-state index in [0.29, 0.717) is 0 Å². The van der Waals surface area contributed by atoms with Gasteiger partial charge in [0.25, 0.3) is 0 Å². The van der Waals surface area contributed by atoms with Crippen LogP contribution in [0.3, 0.4) is 0 Å². The zero-order valence-electron chi connectivity index (χ0n) is 8.81. The normalized spacial score (nSPS) is 13.8. The van der Waals surface area contributed by atoms with E-state index >= 15 is 0 Å². The molecule has 0 aromatic heterocycles. The molecule has 1 aliphatic rings. The second-order valence-corrected chi connectivity index (χ2v) is 3.47. The van der Waals surface area contributed by atoms with Gasteiger partial charge in [-0.25, -0.2) is 0 Å². The molecule has 0 fully saturated rings. The second kappa shape index (κ2) is 5.95. The Morgan fingerprint density at radius 1 is 1.33 bits per heavy atom. The molecule has 2 rings (SSSR count). The molecule has 0 spiro atoms. The van der Waals surface area contributed by atoms with Gasteiger partial charge in [-0.1, -0.05) is 30.3 Å². The van der Waals surface area contributed by atoms with Gasteiger partial charge in [-0.3, -0.25) is 4.99 Å². The number of nitrogens with zero attached hydrogens (tertiary/aromatic N) is 2. The van der Waals surface area contributed by atoms with Crippen molar-refractivity contribution in [3.63, 3.8) is 0 Å². The standard InChI is InChI=1S/C11H15N3.HI/c1-14(11-12-7-8-13-11)9-10-5-3-2-4-6-10;/h2-6H,7-9H2,1H3,(H,12,13);1H. The highest BCUT2D eigenvalue weighted by molar-refractivity contribution is 14.0. The van der Waals surface area contributed by atoms with Crippen LogP contribution in [0.15, 0.2) is 35.3 Å². The van der Waals surface area contributed by atoms with E-state index in [1.165, 1.54) is 5.56 Å². The monoisotopic (exact) mass is 317 g/mol. The molecule has 0 radical (unpaired) electrons. The van der Waals surface area contributed by atoms with E-state index < -0.39 is 0 Å². The van der Waals surface area contributed by atoms with E-state index in [1.807, 2.05) is 6.07 Å². The van der Waals surface area contributed by atoms with Crippen LogP contribution in [0.4, 0.5) is 0 Å². The maximum absolute atomic E-state index is 4.36. The van der Waals surface area contributed by atoms with Crippen molar-refractivity contribution < 1.29 is 0 Å². The lowest BCUT2D eigenvalue weighted by Crippen LogP contribution is -2.35. The zero-order valence-corrected chi connectivity index (χ0v) is 11.1. The molecule has 1 heterocycles. The van der Waals surface area contributed by atoms with Gasteiger partial charge in [0.15, 0.2) is 5.96 Å². The number of rotatable bonds is 2. The van der Waals surface area contributed by atoms with Crippen molar-refractivity contribution in [2.75, 3.05) is 20.1 Å². The molecule has 0 unspecified atom stereocenters. The van der Waals surface area contributed by atoms with E-state index in [1.54, 1.807) is 0 Å². The molecule has 1 aromatic rings. The van der Waals surface area contributed by atoms with E-state index in [-0.39, 0.29) is 24.0 Å². The van der Waals surface area contributed by atoms with E-state index in [2.05, 4.69) is 46.5 Å². The summed E-state index contributed by atoms with van der Waals surface area (Å²) in [4.78, 5) is 6.50. The molecular weight excluding hydrogens is 301 g/mol. The van der Waals surface area contributed by atoms with Crippen LogP contribution in [0.1, 0.15) is 5.56 Å². The third kappa shape index (κ3) is 3.37. The van der Waals surface area contributed by atoms with Gasteiger partial charge in [0, 0.05) is 20.1 Å². The molecule has 0 saturated carbocycles. The summed E-state index contributed by atoms with van der Waals surface area (Å²) in [6.07, 6.45) is 0. The first kappa shape index (κ1) is 12.3. The molecule has 82 valence electrons. The summed E-state index contributed by atoms with van der Waals surface area (Å²) in [5, 5.41) is 3.25. The van der Waals surface area contributed by atoms with Crippen molar-refractivity contribution in [1.82, 2.24) is 10.2 Å². The summed E-state index contributed by atoms with van der Waals surface area (Å²) in [5.41, 5.74) is 1.31. The van der Waals surface area contributed by atoms with Gasteiger partial charge in [-0.05, 0) is 5.56 Å². The predicted octanol–water partition coefficient (Wildman–Crippen LogP) is 1.70. The Kier molecular flexibility index (Phi) is 4.87. The Balaban J connectivity index is 0.00000112. The van der Waals surface area contributed by atoms with Crippen molar-refractivity contribution in [2.24, 2.45) is 4.99 Å². The van der Waals surface area contributed by atoms with Gasteiger partial charge in [0.1, 0.15) is 0 Å². The minimum absolute atomic E-state index is 0. The topological polar surface area (TPSA) is 27.6 Å². The zero-order chi connectivity index (χ0) is 9.80. The highest BCUT2D eigenvalue weighted by atomic mass is 127. The van der Waals surface area contributed by atoms with Crippen LogP contribution in [0.25, 0.3) is 0 Å². The van der Waals surface area contributed by atoms with Crippen molar-refractivity contribution in [1.29, 1.82) is 0 Å². The molecule has 1 N–H and O–H groups in total. The lowest BCUT2D eigenvalue weighted by molar-refractivity contribution is 0.486. The molecule has 0 saturated heterocycles. The minimum atomic E-state index is 0. The van der Waals surface area contributed by atoms with Crippen molar-refractivity contribution in [3.05, 3.63) is 35.9 Å². The molecule has 0 bridgehead atoms. The number of benzene rings is 1. The molecule has 4 heteroatoms. The van der Waals surface area contributed by atoms with E-state index in [4.69, 9.17) is 0 Å². The lowest BCUT2D eigenvalue weighted by atomic mass is 10.2.